The Morgan fingerprint density at radius 2 is 1.95 bits per heavy atom. The average molecular weight is 334 g/mol. The van der Waals surface area contributed by atoms with Crippen LogP contribution in [0.2, 0.25) is 0 Å². The lowest BCUT2D eigenvalue weighted by Crippen LogP contribution is -2.32. The number of nitrogens with one attached hydrogen (secondary N) is 2. The fraction of sp³-hybridized carbons (Fsp3) is 0.714. The van der Waals surface area contributed by atoms with E-state index in [0.29, 0.717) is 10.8 Å². The second-order valence-electron chi connectivity index (χ2n) is 5.01. The normalized spacial score (nSPS) is 12.2. The van der Waals surface area contributed by atoms with Gasteiger partial charge in [0, 0.05) is 18.0 Å². The van der Waals surface area contributed by atoms with Gasteiger partial charge in [0.05, 0.1) is 0 Å². The number of hydrogen-bond donors (Lipinski definition) is 2. The molecule has 7 heteroatoms. The van der Waals surface area contributed by atoms with E-state index in [9.17, 15) is 8.42 Å². The van der Waals surface area contributed by atoms with Gasteiger partial charge in [-0.25, -0.2) is 13.1 Å². The third-order valence-corrected chi connectivity index (χ3v) is 6.30. The highest BCUT2D eigenvalue weighted by molar-refractivity contribution is 7.91. The summed E-state index contributed by atoms with van der Waals surface area (Å²) in [5, 5.41) is 3.32. The van der Waals surface area contributed by atoms with Crippen molar-refractivity contribution in [3.8, 4) is 0 Å². The number of hydrogen-bond acceptors (Lipinski definition) is 5. The van der Waals surface area contributed by atoms with Crippen LogP contribution >= 0.6 is 11.3 Å². The Kier molecular flexibility index (Phi) is 8.43. The summed E-state index contributed by atoms with van der Waals surface area (Å²) >= 11 is 1.36. The molecule has 0 amide bonds. The summed E-state index contributed by atoms with van der Waals surface area (Å²) < 4.78 is 27.4. The van der Waals surface area contributed by atoms with Gasteiger partial charge in [0.1, 0.15) is 4.21 Å². The summed E-state index contributed by atoms with van der Waals surface area (Å²) in [4.78, 5) is 3.17. The molecular weight excluding hydrogens is 306 g/mol. The van der Waals surface area contributed by atoms with Crippen molar-refractivity contribution < 1.29 is 8.42 Å². The first-order valence-electron chi connectivity index (χ1n) is 7.47. The van der Waals surface area contributed by atoms with Crippen molar-refractivity contribution in [1.82, 2.24) is 14.9 Å². The second kappa shape index (κ2) is 9.53. The number of nitrogens with zero attached hydrogens (tertiary/aromatic N) is 1. The molecule has 0 bridgehead atoms. The van der Waals surface area contributed by atoms with Crippen LogP contribution in [-0.2, 0) is 16.4 Å². The Morgan fingerprint density at radius 1 is 1.19 bits per heavy atom. The molecule has 1 aromatic heterocycles. The van der Waals surface area contributed by atoms with Crippen LogP contribution in [0, 0.1) is 0 Å². The molecule has 0 saturated carbocycles. The highest BCUT2D eigenvalue weighted by atomic mass is 32.2. The van der Waals surface area contributed by atoms with Crippen LogP contribution in [0.15, 0.2) is 16.3 Å². The fourth-order valence-corrected chi connectivity index (χ4v) is 4.17. The standard InChI is InChI=1S/C14H27N3O2S2/c1-4-9-15-10-8-13-6-7-14(20-13)21(18,19)16-11-12-17(3)5-2/h6-7,15-16H,4-5,8-12H2,1-3H3. The molecule has 0 saturated heterocycles. The lowest BCUT2D eigenvalue weighted by molar-refractivity contribution is 0.358. The maximum atomic E-state index is 12.2. The monoisotopic (exact) mass is 333 g/mol. The highest BCUT2D eigenvalue weighted by Gasteiger charge is 2.16. The molecule has 1 aromatic rings. The Hall–Kier alpha value is -0.470. The summed E-state index contributed by atoms with van der Waals surface area (Å²) in [6.45, 7) is 8.14. The maximum absolute atomic E-state index is 12.2. The van der Waals surface area contributed by atoms with Gasteiger partial charge in [-0.2, -0.15) is 0 Å². The summed E-state index contributed by atoms with van der Waals surface area (Å²) in [5.74, 6) is 0. The largest absolute Gasteiger partial charge is 0.316 e. The molecule has 122 valence electrons. The smallest absolute Gasteiger partial charge is 0.250 e. The molecule has 0 radical (unpaired) electrons. The lowest BCUT2D eigenvalue weighted by atomic mass is 10.3. The summed E-state index contributed by atoms with van der Waals surface area (Å²) in [7, 11) is -1.38. The van der Waals surface area contributed by atoms with E-state index in [4.69, 9.17) is 0 Å². The van der Waals surface area contributed by atoms with Gasteiger partial charge in [-0.3, -0.25) is 0 Å². The van der Waals surface area contributed by atoms with E-state index in [1.165, 1.54) is 11.3 Å². The van der Waals surface area contributed by atoms with Gasteiger partial charge >= 0.3 is 0 Å². The lowest BCUT2D eigenvalue weighted by Gasteiger charge is -2.13. The zero-order valence-corrected chi connectivity index (χ0v) is 14.8. The van der Waals surface area contributed by atoms with Gasteiger partial charge in [-0.15, -0.1) is 11.3 Å². The Balaban J connectivity index is 2.46. The molecule has 0 aliphatic heterocycles. The molecule has 0 fully saturated rings. The van der Waals surface area contributed by atoms with Crippen molar-refractivity contribution in [3.63, 3.8) is 0 Å². The molecule has 1 rings (SSSR count). The minimum absolute atomic E-state index is 0.409. The summed E-state index contributed by atoms with van der Waals surface area (Å²) in [5.41, 5.74) is 0. The zero-order chi connectivity index (χ0) is 15.7. The van der Waals surface area contributed by atoms with E-state index >= 15 is 0 Å². The van der Waals surface area contributed by atoms with Crippen molar-refractivity contribution in [1.29, 1.82) is 0 Å². The third-order valence-electron chi connectivity index (χ3n) is 3.20. The van der Waals surface area contributed by atoms with E-state index in [-0.39, 0.29) is 0 Å². The minimum atomic E-state index is -3.36. The Labute approximate surface area is 132 Å². The van der Waals surface area contributed by atoms with Crippen LogP contribution in [0.1, 0.15) is 25.1 Å². The predicted octanol–water partition coefficient (Wildman–Crippen LogP) is 1.52. The molecule has 0 aliphatic rings. The van der Waals surface area contributed by atoms with Gasteiger partial charge in [0.15, 0.2) is 0 Å². The first-order valence-corrected chi connectivity index (χ1v) is 9.77. The first kappa shape index (κ1) is 18.6. The molecule has 0 aromatic carbocycles. The number of rotatable bonds is 11. The third kappa shape index (κ3) is 6.88. The summed E-state index contributed by atoms with van der Waals surface area (Å²) in [6.07, 6.45) is 1.99. The first-order chi connectivity index (χ1) is 9.99. The van der Waals surface area contributed by atoms with E-state index in [0.717, 1.165) is 43.9 Å². The minimum Gasteiger partial charge on any atom is -0.316 e. The second-order valence-corrected chi connectivity index (χ2v) is 8.18. The van der Waals surface area contributed by atoms with Gasteiger partial charge in [-0.05, 0) is 51.7 Å². The van der Waals surface area contributed by atoms with Crippen LogP contribution < -0.4 is 10.0 Å². The van der Waals surface area contributed by atoms with E-state index in [2.05, 4.69) is 21.9 Å². The Morgan fingerprint density at radius 3 is 2.62 bits per heavy atom. The van der Waals surface area contributed by atoms with Crippen LogP contribution in [0.5, 0.6) is 0 Å². The predicted molar refractivity (Wildman–Crippen MR) is 89.5 cm³/mol. The molecule has 2 N–H and O–H groups in total. The van der Waals surface area contributed by atoms with Gasteiger partial charge in [-0.1, -0.05) is 13.8 Å². The van der Waals surface area contributed by atoms with Gasteiger partial charge in [0.2, 0.25) is 10.0 Å². The van der Waals surface area contributed by atoms with Gasteiger partial charge < -0.3 is 10.2 Å². The maximum Gasteiger partial charge on any atom is 0.250 e. The van der Waals surface area contributed by atoms with E-state index < -0.39 is 10.0 Å². The number of thiophene rings is 1. The molecule has 0 spiro atoms. The van der Waals surface area contributed by atoms with Gasteiger partial charge in [0.25, 0.3) is 0 Å². The number of sulfonamides is 1. The Bertz CT molecular complexity index is 500. The quantitative estimate of drug-likeness (QED) is 0.603. The zero-order valence-electron chi connectivity index (χ0n) is 13.2. The average Bonchev–Trinajstić information content (AvgIpc) is 2.93. The van der Waals surface area contributed by atoms with Crippen molar-refractivity contribution in [2.24, 2.45) is 0 Å². The highest BCUT2D eigenvalue weighted by Crippen LogP contribution is 2.21. The molecule has 0 aliphatic carbocycles. The molecule has 21 heavy (non-hydrogen) atoms. The van der Waals surface area contributed by atoms with Crippen molar-refractivity contribution in [2.45, 2.75) is 30.9 Å². The molecule has 5 nitrogen and oxygen atoms in total. The molecule has 0 atom stereocenters. The van der Waals surface area contributed by atoms with Crippen molar-refractivity contribution in [3.05, 3.63) is 17.0 Å². The molecular formula is C14H27N3O2S2. The fourth-order valence-electron chi connectivity index (χ4n) is 1.75. The van der Waals surface area contributed by atoms with E-state index in [1.54, 1.807) is 6.07 Å². The van der Waals surface area contributed by atoms with E-state index in [1.807, 2.05) is 20.0 Å². The van der Waals surface area contributed by atoms with Crippen LogP contribution in [0.4, 0.5) is 0 Å². The number of likely N-dealkylation sites (N-methyl/N-ethyl adjacent to an activating group) is 1. The summed E-state index contributed by atoms with van der Waals surface area (Å²) in [6, 6.07) is 3.61. The van der Waals surface area contributed by atoms with Crippen LogP contribution in [0.3, 0.4) is 0 Å². The SMILES string of the molecule is CCCNCCc1ccc(S(=O)(=O)NCCN(C)CC)s1. The van der Waals surface area contributed by atoms with Crippen molar-refractivity contribution >= 4 is 21.4 Å². The molecule has 1 heterocycles. The van der Waals surface area contributed by atoms with Crippen molar-refractivity contribution in [2.75, 3.05) is 39.8 Å². The molecule has 0 unspecified atom stereocenters. The topological polar surface area (TPSA) is 61.4 Å². The van der Waals surface area contributed by atoms with Crippen LogP contribution in [0.25, 0.3) is 0 Å². The van der Waals surface area contributed by atoms with Crippen LogP contribution in [-0.4, -0.2) is 53.1 Å².